The molecule has 1 rings (SSSR count). The Kier molecular flexibility index (Phi) is 6.52. The number of likely N-dealkylation sites (tertiary alicyclic amines) is 1. The van der Waals surface area contributed by atoms with Crippen LogP contribution in [0.4, 0.5) is 0 Å². The molecule has 1 heterocycles. The first-order valence-corrected chi connectivity index (χ1v) is 6.79. The molecule has 0 saturated carbocycles. The summed E-state index contributed by atoms with van der Waals surface area (Å²) in [4.78, 5) is 13.9. The van der Waals surface area contributed by atoms with E-state index in [4.69, 9.17) is 4.74 Å². The molecule has 0 aromatic rings. The fraction of sp³-hybridized carbons (Fsp3) is 0.923. The summed E-state index contributed by atoms with van der Waals surface area (Å²) >= 11 is 0. The molecule has 1 atom stereocenters. The van der Waals surface area contributed by atoms with Crippen molar-refractivity contribution in [2.24, 2.45) is 0 Å². The molecule has 1 saturated heterocycles. The fourth-order valence-corrected chi connectivity index (χ4v) is 2.12. The Morgan fingerprint density at radius 3 is 2.88 bits per heavy atom. The van der Waals surface area contributed by atoms with Crippen molar-refractivity contribution in [3.63, 3.8) is 0 Å². The summed E-state index contributed by atoms with van der Waals surface area (Å²) in [5, 5.41) is 3.22. The van der Waals surface area contributed by atoms with Crippen LogP contribution in [-0.2, 0) is 9.53 Å². The van der Waals surface area contributed by atoms with Crippen LogP contribution in [0.2, 0.25) is 0 Å². The molecular formula is C13H26N2O2. The number of nitrogens with zero attached hydrogens (tertiary/aromatic N) is 1. The lowest BCUT2D eigenvalue weighted by Crippen LogP contribution is -2.38. The van der Waals surface area contributed by atoms with Crippen molar-refractivity contribution in [1.82, 2.24) is 10.2 Å². The molecule has 1 aliphatic heterocycles. The summed E-state index contributed by atoms with van der Waals surface area (Å²) in [5.41, 5.74) is 0. The molecule has 0 aliphatic carbocycles. The van der Waals surface area contributed by atoms with Crippen LogP contribution in [0.5, 0.6) is 0 Å². The van der Waals surface area contributed by atoms with Crippen LogP contribution in [-0.4, -0.2) is 49.2 Å². The minimum absolute atomic E-state index is 0.0620. The monoisotopic (exact) mass is 242 g/mol. The Morgan fingerprint density at radius 1 is 1.47 bits per heavy atom. The zero-order valence-electron chi connectivity index (χ0n) is 11.4. The van der Waals surface area contributed by atoms with Gasteiger partial charge in [-0.05, 0) is 39.7 Å². The van der Waals surface area contributed by atoms with Gasteiger partial charge < -0.3 is 15.0 Å². The van der Waals surface area contributed by atoms with Gasteiger partial charge in [0, 0.05) is 19.7 Å². The van der Waals surface area contributed by atoms with E-state index in [1.807, 2.05) is 25.7 Å². The summed E-state index contributed by atoms with van der Waals surface area (Å²) in [6.45, 7) is 9.59. The first-order valence-electron chi connectivity index (χ1n) is 6.79. The number of amides is 1. The van der Waals surface area contributed by atoms with Crippen molar-refractivity contribution < 1.29 is 9.53 Å². The molecular weight excluding hydrogens is 216 g/mol. The molecule has 0 spiro atoms. The van der Waals surface area contributed by atoms with Crippen molar-refractivity contribution in [2.45, 2.75) is 52.2 Å². The van der Waals surface area contributed by atoms with E-state index in [1.54, 1.807) is 0 Å². The molecule has 0 bridgehead atoms. The fourth-order valence-electron chi connectivity index (χ4n) is 2.12. The molecule has 0 aromatic heterocycles. The van der Waals surface area contributed by atoms with Crippen LogP contribution in [0.3, 0.4) is 0 Å². The van der Waals surface area contributed by atoms with Gasteiger partial charge >= 0.3 is 0 Å². The maximum absolute atomic E-state index is 11.9. The average molecular weight is 242 g/mol. The number of hydrogen-bond donors (Lipinski definition) is 1. The molecule has 1 fully saturated rings. The van der Waals surface area contributed by atoms with Crippen LogP contribution in [0.1, 0.15) is 40.0 Å². The molecule has 4 nitrogen and oxygen atoms in total. The van der Waals surface area contributed by atoms with Crippen molar-refractivity contribution in [3.05, 3.63) is 0 Å². The van der Waals surface area contributed by atoms with E-state index < -0.39 is 0 Å². The highest BCUT2D eigenvalue weighted by Crippen LogP contribution is 2.12. The number of ether oxygens (including phenoxy) is 1. The minimum Gasteiger partial charge on any atom is -0.379 e. The van der Waals surface area contributed by atoms with Crippen LogP contribution in [0, 0.1) is 0 Å². The highest BCUT2D eigenvalue weighted by molar-refractivity contribution is 5.83. The first kappa shape index (κ1) is 14.5. The molecule has 1 N–H and O–H groups in total. The Labute approximate surface area is 105 Å². The Morgan fingerprint density at radius 2 is 2.24 bits per heavy atom. The minimum atomic E-state index is 0.0620. The summed E-state index contributed by atoms with van der Waals surface area (Å²) in [7, 11) is 0. The lowest BCUT2D eigenvalue weighted by molar-refractivity contribution is -0.129. The lowest BCUT2D eigenvalue weighted by atomic mass is 10.2. The number of nitrogens with one attached hydrogen (secondary N) is 1. The van der Waals surface area contributed by atoms with E-state index >= 15 is 0 Å². The topological polar surface area (TPSA) is 41.6 Å². The molecule has 4 heteroatoms. The normalized spacial score (nSPS) is 20.6. The van der Waals surface area contributed by atoms with Gasteiger partial charge in [-0.1, -0.05) is 6.92 Å². The highest BCUT2D eigenvalue weighted by atomic mass is 16.5. The molecule has 0 aromatic carbocycles. The van der Waals surface area contributed by atoms with E-state index in [0.29, 0.717) is 6.10 Å². The first-order chi connectivity index (χ1) is 8.15. The predicted octanol–water partition coefficient (Wildman–Crippen LogP) is 1.40. The van der Waals surface area contributed by atoms with Gasteiger partial charge in [0.15, 0.2) is 0 Å². The van der Waals surface area contributed by atoms with E-state index in [9.17, 15) is 4.79 Å². The zero-order valence-corrected chi connectivity index (χ0v) is 11.4. The van der Waals surface area contributed by atoms with Crippen LogP contribution >= 0.6 is 0 Å². The summed E-state index contributed by atoms with van der Waals surface area (Å²) in [5.74, 6) is 0.275. The van der Waals surface area contributed by atoms with Crippen molar-refractivity contribution in [3.8, 4) is 0 Å². The Balaban J connectivity index is 2.10. The second-order valence-corrected chi connectivity index (χ2v) is 4.85. The zero-order chi connectivity index (χ0) is 12.7. The molecule has 0 radical (unpaired) electrons. The third-order valence-electron chi connectivity index (χ3n) is 3.02. The number of rotatable bonds is 8. The molecule has 17 heavy (non-hydrogen) atoms. The van der Waals surface area contributed by atoms with E-state index in [1.165, 1.54) is 0 Å². The number of hydrogen-bond acceptors (Lipinski definition) is 3. The molecule has 1 amide bonds. The van der Waals surface area contributed by atoms with Gasteiger partial charge in [0.2, 0.25) is 5.91 Å². The summed E-state index contributed by atoms with van der Waals surface area (Å²) in [6, 6.07) is 0.0620. The molecule has 100 valence electrons. The van der Waals surface area contributed by atoms with Gasteiger partial charge in [-0.25, -0.2) is 0 Å². The van der Waals surface area contributed by atoms with Crippen LogP contribution in [0.25, 0.3) is 0 Å². The Bertz CT molecular complexity index is 231. The van der Waals surface area contributed by atoms with E-state index in [-0.39, 0.29) is 11.9 Å². The smallest absolute Gasteiger partial charge is 0.239 e. The number of carbonyl (C=O) groups excluding carboxylic acids is 1. The van der Waals surface area contributed by atoms with Crippen molar-refractivity contribution in [1.29, 1.82) is 0 Å². The number of likely N-dealkylation sites (N-methyl/N-ethyl adjacent to an activating group) is 1. The summed E-state index contributed by atoms with van der Waals surface area (Å²) < 4.78 is 5.48. The van der Waals surface area contributed by atoms with E-state index in [2.05, 4.69) is 5.32 Å². The van der Waals surface area contributed by atoms with Crippen LogP contribution in [0.15, 0.2) is 0 Å². The second kappa shape index (κ2) is 7.67. The van der Waals surface area contributed by atoms with Gasteiger partial charge in [0.1, 0.15) is 0 Å². The average Bonchev–Trinajstić information content (AvgIpc) is 2.61. The van der Waals surface area contributed by atoms with Gasteiger partial charge in [-0.3, -0.25) is 4.79 Å². The quantitative estimate of drug-likeness (QED) is 0.654. The van der Waals surface area contributed by atoms with Crippen LogP contribution < -0.4 is 5.32 Å². The lowest BCUT2D eigenvalue weighted by Gasteiger charge is -2.17. The molecule has 1 aliphatic rings. The third-order valence-corrected chi connectivity index (χ3v) is 3.02. The molecule has 1 unspecified atom stereocenters. The van der Waals surface area contributed by atoms with Gasteiger partial charge in [0.05, 0.1) is 12.1 Å². The maximum atomic E-state index is 11.9. The summed E-state index contributed by atoms with van der Waals surface area (Å²) in [6.07, 6.45) is 3.34. The standard InChI is InChI=1S/C13H26N2O2/c1-4-14-12-7-9-15(13(12)16)8-5-6-10-17-11(2)3/h11-12,14H,4-10H2,1-3H3. The Hall–Kier alpha value is -0.610. The number of carbonyl (C=O) groups is 1. The van der Waals surface area contributed by atoms with Gasteiger partial charge in [-0.15, -0.1) is 0 Å². The van der Waals surface area contributed by atoms with Gasteiger partial charge in [-0.2, -0.15) is 0 Å². The van der Waals surface area contributed by atoms with Crippen molar-refractivity contribution in [2.75, 3.05) is 26.2 Å². The second-order valence-electron chi connectivity index (χ2n) is 4.85. The van der Waals surface area contributed by atoms with Gasteiger partial charge in [0.25, 0.3) is 0 Å². The largest absolute Gasteiger partial charge is 0.379 e. The maximum Gasteiger partial charge on any atom is 0.239 e. The van der Waals surface area contributed by atoms with Crippen molar-refractivity contribution >= 4 is 5.91 Å². The highest BCUT2D eigenvalue weighted by Gasteiger charge is 2.29. The SMILES string of the molecule is CCNC1CCN(CCCCOC(C)C)C1=O. The van der Waals surface area contributed by atoms with E-state index in [0.717, 1.165) is 45.5 Å². The number of unbranched alkanes of at least 4 members (excludes halogenated alkanes) is 1. The predicted molar refractivity (Wildman–Crippen MR) is 69.0 cm³/mol. The third kappa shape index (κ3) is 5.04.